The number of benzene rings is 2. The van der Waals surface area contributed by atoms with Gasteiger partial charge in [-0.05, 0) is 69.7 Å². The number of anilines is 1. The van der Waals surface area contributed by atoms with Crippen molar-refractivity contribution in [2.75, 3.05) is 11.9 Å². The summed E-state index contributed by atoms with van der Waals surface area (Å²) in [6.07, 6.45) is 0. The number of esters is 1. The number of nitrogens with zero attached hydrogens (tertiary/aromatic N) is 2. The van der Waals surface area contributed by atoms with Gasteiger partial charge in [-0.1, -0.05) is 17.7 Å². The lowest BCUT2D eigenvalue weighted by Gasteiger charge is -2.10. The number of amides is 1. The minimum Gasteiger partial charge on any atom is -0.452 e. The molecule has 0 atom stereocenters. The van der Waals surface area contributed by atoms with E-state index < -0.39 is 5.97 Å². The van der Waals surface area contributed by atoms with E-state index in [1.165, 1.54) is 0 Å². The number of hydrogen-bond donors (Lipinski definition) is 1. The Hall–Kier alpha value is -3.41. The number of hydrogen-bond acceptors (Lipinski definition) is 4. The fourth-order valence-electron chi connectivity index (χ4n) is 2.98. The molecule has 1 N–H and O–H groups in total. The molecule has 0 saturated carbocycles. The highest BCUT2D eigenvalue weighted by molar-refractivity contribution is 5.96. The largest absolute Gasteiger partial charge is 0.452 e. The maximum Gasteiger partial charge on any atom is 0.338 e. The fraction of sp³-hybridized carbons (Fsp3) is 0.227. The van der Waals surface area contributed by atoms with Crippen LogP contribution in [0.4, 0.5) is 5.69 Å². The van der Waals surface area contributed by atoms with Crippen molar-refractivity contribution in [1.29, 1.82) is 0 Å². The maximum absolute atomic E-state index is 12.2. The van der Waals surface area contributed by atoms with Crippen molar-refractivity contribution in [3.63, 3.8) is 0 Å². The average Bonchev–Trinajstić information content (AvgIpc) is 3.00. The number of aryl methyl sites for hydroxylation is 4. The first kappa shape index (κ1) is 19.4. The van der Waals surface area contributed by atoms with E-state index in [1.54, 1.807) is 24.3 Å². The van der Waals surface area contributed by atoms with Crippen molar-refractivity contribution in [1.82, 2.24) is 9.78 Å². The van der Waals surface area contributed by atoms with E-state index in [0.717, 1.165) is 28.2 Å². The molecule has 144 valence electrons. The number of carbonyl (C=O) groups excluding carboxylic acids is 2. The normalized spacial score (nSPS) is 10.6. The first-order chi connectivity index (χ1) is 13.3. The Labute approximate surface area is 164 Å². The van der Waals surface area contributed by atoms with Crippen LogP contribution in [0.15, 0.2) is 48.5 Å². The second-order valence-electron chi connectivity index (χ2n) is 6.83. The Morgan fingerprint density at radius 2 is 1.71 bits per heavy atom. The zero-order valence-corrected chi connectivity index (χ0v) is 16.4. The molecular formula is C22H23N3O3. The predicted molar refractivity (Wildman–Crippen MR) is 108 cm³/mol. The van der Waals surface area contributed by atoms with Gasteiger partial charge < -0.3 is 10.1 Å². The van der Waals surface area contributed by atoms with Crippen molar-refractivity contribution >= 4 is 17.6 Å². The van der Waals surface area contributed by atoms with Crippen molar-refractivity contribution < 1.29 is 14.3 Å². The van der Waals surface area contributed by atoms with Gasteiger partial charge in [-0.2, -0.15) is 5.10 Å². The van der Waals surface area contributed by atoms with E-state index in [4.69, 9.17) is 4.74 Å². The SMILES string of the molecule is Cc1ccc(NC(=O)COC(=O)c2ccc(-n3nc(C)cc3C)cc2)c(C)c1. The average molecular weight is 377 g/mol. The molecule has 0 aliphatic rings. The third kappa shape index (κ3) is 4.46. The molecule has 0 unspecified atom stereocenters. The topological polar surface area (TPSA) is 73.2 Å². The molecule has 0 fully saturated rings. The Balaban J connectivity index is 1.58. The fourth-order valence-corrected chi connectivity index (χ4v) is 2.98. The smallest absolute Gasteiger partial charge is 0.338 e. The summed E-state index contributed by atoms with van der Waals surface area (Å²) in [7, 11) is 0. The monoisotopic (exact) mass is 377 g/mol. The van der Waals surface area contributed by atoms with Crippen LogP contribution in [0.25, 0.3) is 5.69 Å². The zero-order valence-electron chi connectivity index (χ0n) is 16.4. The van der Waals surface area contributed by atoms with Crippen molar-refractivity contribution in [3.8, 4) is 5.69 Å². The third-order valence-corrected chi connectivity index (χ3v) is 4.35. The summed E-state index contributed by atoms with van der Waals surface area (Å²) in [4.78, 5) is 24.3. The molecule has 6 heteroatoms. The summed E-state index contributed by atoms with van der Waals surface area (Å²) >= 11 is 0. The summed E-state index contributed by atoms with van der Waals surface area (Å²) in [6, 6.07) is 14.6. The molecule has 0 aliphatic carbocycles. The van der Waals surface area contributed by atoms with Gasteiger partial charge in [0.2, 0.25) is 0 Å². The molecule has 28 heavy (non-hydrogen) atoms. The van der Waals surface area contributed by atoms with E-state index in [-0.39, 0.29) is 12.5 Å². The first-order valence-corrected chi connectivity index (χ1v) is 9.01. The van der Waals surface area contributed by atoms with E-state index in [1.807, 2.05) is 56.6 Å². The molecule has 3 rings (SSSR count). The number of ether oxygens (including phenoxy) is 1. The van der Waals surface area contributed by atoms with Gasteiger partial charge in [0.05, 0.1) is 16.9 Å². The Bertz CT molecular complexity index is 1020. The van der Waals surface area contributed by atoms with Crippen molar-refractivity contribution in [2.24, 2.45) is 0 Å². The Morgan fingerprint density at radius 3 is 2.32 bits per heavy atom. The van der Waals surface area contributed by atoms with Crippen LogP contribution in [0.1, 0.15) is 32.9 Å². The van der Waals surface area contributed by atoms with Gasteiger partial charge in [-0.25, -0.2) is 9.48 Å². The van der Waals surface area contributed by atoms with Crippen molar-refractivity contribution in [2.45, 2.75) is 27.7 Å². The molecule has 2 aromatic carbocycles. The minimum atomic E-state index is -0.546. The number of carbonyl (C=O) groups is 2. The molecule has 1 amide bonds. The number of aromatic nitrogens is 2. The molecule has 6 nitrogen and oxygen atoms in total. The van der Waals surface area contributed by atoms with E-state index in [9.17, 15) is 9.59 Å². The molecule has 3 aromatic rings. The molecule has 0 aliphatic heterocycles. The van der Waals surface area contributed by atoms with Crippen LogP contribution < -0.4 is 5.32 Å². The summed E-state index contributed by atoms with van der Waals surface area (Å²) in [5, 5.41) is 7.17. The van der Waals surface area contributed by atoms with Gasteiger partial charge in [0.1, 0.15) is 0 Å². The van der Waals surface area contributed by atoms with E-state index in [2.05, 4.69) is 10.4 Å². The van der Waals surface area contributed by atoms with Gasteiger partial charge in [-0.3, -0.25) is 4.79 Å². The molecule has 1 aromatic heterocycles. The van der Waals surface area contributed by atoms with Gasteiger partial charge in [0.15, 0.2) is 6.61 Å². The molecular weight excluding hydrogens is 354 g/mol. The van der Waals surface area contributed by atoms with Crippen LogP contribution in [-0.2, 0) is 9.53 Å². The molecule has 0 saturated heterocycles. The van der Waals surface area contributed by atoms with Gasteiger partial charge in [-0.15, -0.1) is 0 Å². The molecule has 1 heterocycles. The lowest BCUT2D eigenvalue weighted by atomic mass is 10.1. The van der Waals surface area contributed by atoms with E-state index >= 15 is 0 Å². The van der Waals surface area contributed by atoms with Crippen LogP contribution in [0.3, 0.4) is 0 Å². The van der Waals surface area contributed by atoms with Crippen LogP contribution in [0, 0.1) is 27.7 Å². The third-order valence-electron chi connectivity index (χ3n) is 4.35. The minimum absolute atomic E-state index is 0.342. The lowest BCUT2D eigenvalue weighted by molar-refractivity contribution is -0.119. The molecule has 0 radical (unpaired) electrons. The summed E-state index contributed by atoms with van der Waals surface area (Å²) in [5.41, 5.74) is 5.96. The second-order valence-corrected chi connectivity index (χ2v) is 6.83. The highest BCUT2D eigenvalue weighted by Crippen LogP contribution is 2.16. The van der Waals surface area contributed by atoms with E-state index in [0.29, 0.717) is 11.3 Å². The number of rotatable bonds is 5. The highest BCUT2D eigenvalue weighted by atomic mass is 16.5. The number of nitrogens with one attached hydrogen (secondary N) is 1. The highest BCUT2D eigenvalue weighted by Gasteiger charge is 2.12. The quantitative estimate of drug-likeness (QED) is 0.685. The van der Waals surface area contributed by atoms with Crippen LogP contribution in [0.2, 0.25) is 0 Å². The summed E-state index contributed by atoms with van der Waals surface area (Å²) < 4.78 is 6.93. The van der Waals surface area contributed by atoms with Gasteiger partial charge in [0, 0.05) is 11.4 Å². The van der Waals surface area contributed by atoms with Gasteiger partial charge in [0.25, 0.3) is 5.91 Å². The standard InChI is InChI=1S/C22H23N3O3/c1-14-5-10-20(15(2)11-14)23-21(26)13-28-22(27)18-6-8-19(9-7-18)25-17(4)12-16(3)24-25/h5-12H,13H2,1-4H3,(H,23,26). The van der Waals surface area contributed by atoms with Crippen LogP contribution in [-0.4, -0.2) is 28.3 Å². The second kappa shape index (κ2) is 8.08. The first-order valence-electron chi connectivity index (χ1n) is 9.01. The summed E-state index contributed by atoms with van der Waals surface area (Å²) in [5.74, 6) is -0.921. The molecule has 0 bridgehead atoms. The Morgan fingerprint density at radius 1 is 1.00 bits per heavy atom. The predicted octanol–water partition coefficient (Wildman–Crippen LogP) is 3.90. The van der Waals surface area contributed by atoms with Crippen molar-refractivity contribution in [3.05, 3.63) is 76.6 Å². The van der Waals surface area contributed by atoms with Gasteiger partial charge >= 0.3 is 5.97 Å². The Kier molecular flexibility index (Phi) is 5.59. The maximum atomic E-state index is 12.2. The summed E-state index contributed by atoms with van der Waals surface area (Å²) in [6.45, 7) is 7.46. The zero-order chi connectivity index (χ0) is 20.3. The van der Waals surface area contributed by atoms with Crippen LogP contribution in [0.5, 0.6) is 0 Å². The molecule has 0 spiro atoms. The van der Waals surface area contributed by atoms with Crippen LogP contribution >= 0.6 is 0 Å². The lowest BCUT2D eigenvalue weighted by Crippen LogP contribution is -2.21.